The summed E-state index contributed by atoms with van der Waals surface area (Å²) in [6.07, 6.45) is 8.56. The maximum Gasteiger partial charge on any atom is 0.136 e. The number of Topliss-reactive ketones (excluding diaryl/α,β-unsaturated/α-hetero) is 3. The van der Waals surface area contributed by atoms with Crippen LogP contribution in [0.5, 0.6) is 0 Å². The molecule has 174 valence electrons. The van der Waals surface area contributed by atoms with Gasteiger partial charge in [-0.15, -0.1) is 0 Å². The summed E-state index contributed by atoms with van der Waals surface area (Å²) in [7, 11) is 0. The van der Waals surface area contributed by atoms with Crippen LogP contribution in [-0.4, -0.2) is 17.3 Å². The van der Waals surface area contributed by atoms with Gasteiger partial charge in [0.25, 0.3) is 0 Å². The van der Waals surface area contributed by atoms with Crippen molar-refractivity contribution in [2.75, 3.05) is 0 Å². The first-order valence-electron chi connectivity index (χ1n) is 12.1. The Morgan fingerprint density at radius 1 is 0.567 bits per heavy atom. The van der Waals surface area contributed by atoms with E-state index in [0.717, 1.165) is 57.8 Å². The molecule has 0 amide bonds. The van der Waals surface area contributed by atoms with Gasteiger partial charge in [0.15, 0.2) is 0 Å². The number of carbonyl (C=O) groups excluding carboxylic acids is 3. The molecule has 3 aliphatic rings. The van der Waals surface area contributed by atoms with Gasteiger partial charge in [-0.2, -0.15) is 0 Å². The quantitative estimate of drug-likeness (QED) is 0.416. The molecule has 3 fully saturated rings. The SMILES string of the molecule is CC(C)(C)[C@@H]1CCC(=O)C1.CC(C)(C)[C@H]1CCC(=O)C1.CC(C)(C)[C@H]1CCCC1=O. The summed E-state index contributed by atoms with van der Waals surface area (Å²) in [6, 6.07) is 0. The smallest absolute Gasteiger partial charge is 0.136 e. The lowest BCUT2D eigenvalue weighted by Gasteiger charge is -2.25. The summed E-state index contributed by atoms with van der Waals surface area (Å²) in [5, 5.41) is 0. The van der Waals surface area contributed by atoms with E-state index in [0.29, 0.717) is 45.9 Å². The molecule has 0 N–H and O–H groups in total. The molecule has 0 aromatic heterocycles. The molecule has 0 bridgehead atoms. The van der Waals surface area contributed by atoms with Crippen LogP contribution in [0, 0.1) is 34.0 Å². The average molecular weight is 421 g/mol. The Bertz CT molecular complexity index is 559. The Morgan fingerprint density at radius 2 is 0.967 bits per heavy atom. The van der Waals surface area contributed by atoms with Gasteiger partial charge in [-0.3, -0.25) is 14.4 Å². The van der Waals surface area contributed by atoms with E-state index < -0.39 is 0 Å². The zero-order chi connectivity index (χ0) is 23.3. The zero-order valence-electron chi connectivity index (χ0n) is 21.3. The molecule has 30 heavy (non-hydrogen) atoms. The van der Waals surface area contributed by atoms with E-state index in [1.54, 1.807) is 0 Å². The Labute approximate surface area is 186 Å². The fourth-order valence-corrected chi connectivity index (χ4v) is 4.84. The van der Waals surface area contributed by atoms with Crippen molar-refractivity contribution in [3.8, 4) is 0 Å². The highest BCUT2D eigenvalue weighted by Gasteiger charge is 2.34. The molecular formula is C27H48O3. The molecule has 3 aliphatic carbocycles. The standard InChI is InChI=1S/3C9H16O/c2*1-9(2,3)7-4-5-8(10)6-7;1-9(2,3)7-5-4-6-8(7)10/h3*7H,4-6H2,1-3H3/t3*7-/m100/s1. The molecule has 0 saturated heterocycles. The molecule has 0 aromatic carbocycles. The van der Waals surface area contributed by atoms with Crippen molar-refractivity contribution >= 4 is 17.3 Å². The van der Waals surface area contributed by atoms with Crippen LogP contribution in [0.1, 0.15) is 120 Å². The van der Waals surface area contributed by atoms with Gasteiger partial charge in [0.1, 0.15) is 17.3 Å². The Balaban J connectivity index is 0.000000225. The fraction of sp³-hybridized carbons (Fsp3) is 0.889. The van der Waals surface area contributed by atoms with E-state index in [1.807, 2.05) is 0 Å². The minimum Gasteiger partial charge on any atom is -0.300 e. The van der Waals surface area contributed by atoms with Crippen molar-refractivity contribution in [3.63, 3.8) is 0 Å². The number of hydrogen-bond acceptors (Lipinski definition) is 3. The summed E-state index contributed by atoms with van der Waals surface area (Å²) in [5.74, 6) is 3.01. The summed E-state index contributed by atoms with van der Waals surface area (Å²) < 4.78 is 0. The van der Waals surface area contributed by atoms with Crippen molar-refractivity contribution in [2.45, 2.75) is 120 Å². The largest absolute Gasteiger partial charge is 0.300 e. The van der Waals surface area contributed by atoms with Crippen molar-refractivity contribution in [1.29, 1.82) is 0 Å². The van der Waals surface area contributed by atoms with Gasteiger partial charge >= 0.3 is 0 Å². The molecule has 3 heteroatoms. The first-order chi connectivity index (χ1) is 13.5. The van der Waals surface area contributed by atoms with Crippen molar-refractivity contribution in [2.24, 2.45) is 34.0 Å². The average Bonchev–Trinajstić information content (AvgIpc) is 3.27. The van der Waals surface area contributed by atoms with Crippen molar-refractivity contribution in [3.05, 3.63) is 0 Å². The second-order valence-electron chi connectivity index (χ2n) is 13.0. The van der Waals surface area contributed by atoms with E-state index in [-0.39, 0.29) is 5.41 Å². The minimum absolute atomic E-state index is 0.202. The van der Waals surface area contributed by atoms with Crippen molar-refractivity contribution < 1.29 is 14.4 Å². The maximum absolute atomic E-state index is 11.2. The Hall–Kier alpha value is -0.990. The Kier molecular flexibility index (Phi) is 9.51. The molecule has 0 radical (unpaired) electrons. The fourth-order valence-electron chi connectivity index (χ4n) is 4.84. The highest BCUT2D eigenvalue weighted by Crippen LogP contribution is 2.38. The normalized spacial score (nSPS) is 27.5. The number of ketones is 3. The lowest BCUT2D eigenvalue weighted by atomic mass is 9.79. The first-order valence-corrected chi connectivity index (χ1v) is 12.1. The summed E-state index contributed by atoms with van der Waals surface area (Å²) in [5.41, 5.74) is 0.881. The van der Waals surface area contributed by atoms with Gasteiger partial charge in [-0.25, -0.2) is 0 Å². The van der Waals surface area contributed by atoms with E-state index in [4.69, 9.17) is 0 Å². The minimum atomic E-state index is 0.202. The van der Waals surface area contributed by atoms with Crippen LogP contribution >= 0.6 is 0 Å². The molecule has 3 atom stereocenters. The lowest BCUT2D eigenvalue weighted by Crippen LogP contribution is -2.23. The lowest BCUT2D eigenvalue weighted by molar-refractivity contribution is -0.123. The second kappa shape index (κ2) is 10.6. The summed E-state index contributed by atoms with van der Waals surface area (Å²) in [4.78, 5) is 33.0. The second-order valence-corrected chi connectivity index (χ2v) is 13.0. The van der Waals surface area contributed by atoms with Crippen LogP contribution in [0.2, 0.25) is 0 Å². The molecule has 0 aliphatic heterocycles. The van der Waals surface area contributed by atoms with Gasteiger partial charge < -0.3 is 0 Å². The van der Waals surface area contributed by atoms with Crippen LogP contribution in [0.3, 0.4) is 0 Å². The maximum atomic E-state index is 11.2. The van der Waals surface area contributed by atoms with Gasteiger partial charge in [0.2, 0.25) is 0 Å². The molecule has 0 aromatic rings. The number of carbonyl (C=O) groups is 3. The first kappa shape index (κ1) is 27.0. The topological polar surface area (TPSA) is 51.2 Å². The summed E-state index contributed by atoms with van der Waals surface area (Å²) >= 11 is 0. The van der Waals surface area contributed by atoms with Crippen LogP contribution in [0.4, 0.5) is 0 Å². The van der Waals surface area contributed by atoms with Crippen LogP contribution in [0.15, 0.2) is 0 Å². The molecule has 0 unspecified atom stereocenters. The number of rotatable bonds is 0. The molecule has 3 nitrogen and oxygen atoms in total. The van der Waals surface area contributed by atoms with E-state index >= 15 is 0 Å². The van der Waals surface area contributed by atoms with Gasteiger partial charge in [-0.05, 0) is 53.8 Å². The highest BCUT2D eigenvalue weighted by molar-refractivity contribution is 5.83. The predicted molar refractivity (Wildman–Crippen MR) is 125 cm³/mol. The van der Waals surface area contributed by atoms with Crippen molar-refractivity contribution in [1.82, 2.24) is 0 Å². The molecule has 0 spiro atoms. The van der Waals surface area contributed by atoms with Crippen LogP contribution in [-0.2, 0) is 14.4 Å². The zero-order valence-corrected chi connectivity index (χ0v) is 21.3. The predicted octanol–water partition coefficient (Wildman–Crippen LogP) is 7.21. The number of hydrogen-bond donors (Lipinski definition) is 0. The summed E-state index contributed by atoms with van der Waals surface area (Å²) in [6.45, 7) is 19.8. The van der Waals surface area contributed by atoms with Gasteiger partial charge in [0.05, 0.1) is 0 Å². The third-order valence-corrected chi connectivity index (χ3v) is 7.29. The van der Waals surface area contributed by atoms with E-state index in [9.17, 15) is 14.4 Å². The molecule has 3 rings (SSSR count). The van der Waals surface area contributed by atoms with Gasteiger partial charge in [0, 0.05) is 38.0 Å². The van der Waals surface area contributed by atoms with Crippen LogP contribution in [0.25, 0.3) is 0 Å². The molecule has 3 saturated carbocycles. The molecular weight excluding hydrogens is 372 g/mol. The van der Waals surface area contributed by atoms with Crippen LogP contribution < -0.4 is 0 Å². The third-order valence-electron chi connectivity index (χ3n) is 7.29. The highest BCUT2D eigenvalue weighted by atomic mass is 16.1. The Morgan fingerprint density at radius 3 is 1.10 bits per heavy atom. The molecule has 0 heterocycles. The van der Waals surface area contributed by atoms with Gasteiger partial charge in [-0.1, -0.05) is 62.3 Å². The van der Waals surface area contributed by atoms with E-state index in [2.05, 4.69) is 62.3 Å². The third kappa shape index (κ3) is 9.02. The van der Waals surface area contributed by atoms with E-state index in [1.165, 1.54) is 0 Å². The monoisotopic (exact) mass is 420 g/mol.